The average molecular weight is 282 g/mol. The van der Waals surface area contributed by atoms with Gasteiger partial charge in [0.2, 0.25) is 0 Å². The zero-order valence-corrected chi connectivity index (χ0v) is 12.1. The van der Waals surface area contributed by atoms with Crippen LogP contribution in [0.3, 0.4) is 0 Å². The smallest absolute Gasteiger partial charge is 0.120 e. The molecule has 1 aromatic heterocycles. The second kappa shape index (κ2) is 7.16. The maximum atomic E-state index is 5.68. The first-order chi connectivity index (χ1) is 8.69. The molecule has 0 unspecified atom stereocenters. The van der Waals surface area contributed by atoms with E-state index < -0.39 is 0 Å². The minimum atomic E-state index is 0. The first-order valence-corrected chi connectivity index (χ1v) is 6.18. The van der Waals surface area contributed by atoms with Gasteiger partial charge < -0.3 is 10.5 Å². The summed E-state index contributed by atoms with van der Waals surface area (Å²) in [5, 5.41) is 4.27. The van der Waals surface area contributed by atoms with Gasteiger partial charge in [-0.1, -0.05) is 12.1 Å². The van der Waals surface area contributed by atoms with E-state index in [-0.39, 0.29) is 18.5 Å². The largest absolute Gasteiger partial charge is 0.491 e. The number of nitrogens with two attached hydrogens (primary N) is 1. The van der Waals surface area contributed by atoms with Crippen molar-refractivity contribution in [3.63, 3.8) is 0 Å². The Balaban J connectivity index is 0.00000180. The van der Waals surface area contributed by atoms with E-state index in [1.807, 2.05) is 49.1 Å². The summed E-state index contributed by atoms with van der Waals surface area (Å²) in [6.07, 6.45) is 4.03. The molecule has 0 spiro atoms. The molecule has 0 amide bonds. The van der Waals surface area contributed by atoms with Gasteiger partial charge in [-0.2, -0.15) is 5.10 Å². The topological polar surface area (TPSA) is 53.1 Å². The fraction of sp³-hybridized carbons (Fsp3) is 0.357. The zero-order valence-electron chi connectivity index (χ0n) is 11.2. The fourth-order valence-corrected chi connectivity index (χ4v) is 1.79. The van der Waals surface area contributed by atoms with Crippen molar-refractivity contribution in [2.45, 2.75) is 26.5 Å². The minimum Gasteiger partial charge on any atom is -0.491 e. The predicted octanol–water partition coefficient (Wildman–Crippen LogP) is 2.72. The highest BCUT2D eigenvalue weighted by atomic mass is 35.5. The second-order valence-electron chi connectivity index (χ2n) is 4.48. The summed E-state index contributed by atoms with van der Waals surface area (Å²) in [6.45, 7) is 5.37. The number of hydrogen-bond donors (Lipinski definition) is 1. The Morgan fingerprint density at radius 1 is 1.32 bits per heavy atom. The van der Waals surface area contributed by atoms with Crippen molar-refractivity contribution < 1.29 is 4.74 Å². The van der Waals surface area contributed by atoms with Crippen molar-refractivity contribution in [2.24, 2.45) is 5.73 Å². The average Bonchev–Trinajstić information content (AvgIpc) is 2.78. The van der Waals surface area contributed by atoms with Crippen molar-refractivity contribution in [1.29, 1.82) is 0 Å². The second-order valence-corrected chi connectivity index (χ2v) is 4.48. The number of ether oxygens (including phenoxy) is 1. The summed E-state index contributed by atoms with van der Waals surface area (Å²) in [7, 11) is 0. The van der Waals surface area contributed by atoms with Gasteiger partial charge in [0.15, 0.2) is 0 Å². The van der Waals surface area contributed by atoms with E-state index in [1.54, 1.807) is 0 Å². The Morgan fingerprint density at radius 2 is 2.11 bits per heavy atom. The van der Waals surface area contributed by atoms with Crippen LogP contribution in [0.5, 0.6) is 5.75 Å². The minimum absolute atomic E-state index is 0. The molecule has 2 rings (SSSR count). The lowest BCUT2D eigenvalue weighted by Crippen LogP contribution is -2.09. The Labute approximate surface area is 120 Å². The first-order valence-electron chi connectivity index (χ1n) is 6.18. The van der Waals surface area contributed by atoms with Crippen LogP contribution in [0.25, 0.3) is 11.1 Å². The molecular weight excluding hydrogens is 262 g/mol. The molecule has 0 radical (unpaired) electrons. The molecule has 0 aliphatic heterocycles. The van der Waals surface area contributed by atoms with Crippen LogP contribution < -0.4 is 10.5 Å². The molecule has 0 saturated heterocycles. The van der Waals surface area contributed by atoms with Gasteiger partial charge in [-0.3, -0.25) is 4.68 Å². The molecule has 19 heavy (non-hydrogen) atoms. The lowest BCUT2D eigenvalue weighted by atomic mass is 10.1. The standard InChI is InChI=1S/C14H19N3O.ClH/c1-11(2)18-14-5-3-4-12(8-14)13-9-16-17(10-13)7-6-15;/h3-5,8-11H,6-7,15H2,1-2H3;1H. The molecule has 0 fully saturated rings. The maximum Gasteiger partial charge on any atom is 0.120 e. The molecule has 0 aliphatic carbocycles. The molecule has 1 heterocycles. The SMILES string of the molecule is CC(C)Oc1cccc(-c2cnn(CCN)c2)c1.Cl. The van der Waals surface area contributed by atoms with Gasteiger partial charge >= 0.3 is 0 Å². The highest BCUT2D eigenvalue weighted by molar-refractivity contribution is 5.85. The van der Waals surface area contributed by atoms with Crippen molar-refractivity contribution in [1.82, 2.24) is 9.78 Å². The van der Waals surface area contributed by atoms with Gasteiger partial charge in [0.1, 0.15) is 5.75 Å². The number of benzene rings is 1. The van der Waals surface area contributed by atoms with Gasteiger partial charge in [-0.05, 0) is 31.5 Å². The zero-order chi connectivity index (χ0) is 13.0. The quantitative estimate of drug-likeness (QED) is 0.917. The van der Waals surface area contributed by atoms with Crippen molar-refractivity contribution >= 4 is 12.4 Å². The van der Waals surface area contributed by atoms with Crippen LogP contribution in [0.4, 0.5) is 0 Å². The Bertz CT molecular complexity index is 511. The van der Waals surface area contributed by atoms with Crippen LogP contribution in [-0.2, 0) is 6.54 Å². The summed E-state index contributed by atoms with van der Waals surface area (Å²) in [5.74, 6) is 0.883. The summed E-state index contributed by atoms with van der Waals surface area (Å²) < 4.78 is 7.54. The van der Waals surface area contributed by atoms with Gasteiger partial charge in [0.05, 0.1) is 18.8 Å². The van der Waals surface area contributed by atoms with Crippen LogP contribution in [0, 0.1) is 0 Å². The lowest BCUT2D eigenvalue weighted by molar-refractivity contribution is 0.242. The third-order valence-corrected chi connectivity index (χ3v) is 2.53. The molecule has 5 heteroatoms. The number of nitrogens with zero attached hydrogens (tertiary/aromatic N) is 2. The van der Waals surface area contributed by atoms with Crippen LogP contribution in [0.1, 0.15) is 13.8 Å². The monoisotopic (exact) mass is 281 g/mol. The van der Waals surface area contributed by atoms with Crippen molar-refractivity contribution in [3.05, 3.63) is 36.7 Å². The van der Waals surface area contributed by atoms with Gasteiger partial charge in [0, 0.05) is 18.3 Å². The summed E-state index contributed by atoms with van der Waals surface area (Å²) >= 11 is 0. The fourth-order valence-electron chi connectivity index (χ4n) is 1.79. The molecule has 4 nitrogen and oxygen atoms in total. The molecule has 1 aromatic carbocycles. The van der Waals surface area contributed by atoms with Crippen LogP contribution in [-0.4, -0.2) is 22.4 Å². The summed E-state index contributed by atoms with van der Waals surface area (Å²) in [6, 6.07) is 8.04. The van der Waals surface area contributed by atoms with E-state index in [0.29, 0.717) is 6.54 Å². The normalized spacial score (nSPS) is 10.3. The number of halogens is 1. The molecule has 0 bridgehead atoms. The Morgan fingerprint density at radius 3 is 2.79 bits per heavy atom. The third kappa shape index (κ3) is 4.26. The number of aromatic nitrogens is 2. The predicted molar refractivity (Wildman–Crippen MR) is 79.7 cm³/mol. The molecule has 0 saturated carbocycles. The highest BCUT2D eigenvalue weighted by Gasteiger charge is 2.04. The van der Waals surface area contributed by atoms with Gasteiger partial charge in [0.25, 0.3) is 0 Å². The van der Waals surface area contributed by atoms with E-state index in [0.717, 1.165) is 23.4 Å². The lowest BCUT2D eigenvalue weighted by Gasteiger charge is -2.10. The maximum absolute atomic E-state index is 5.68. The van der Waals surface area contributed by atoms with Crippen molar-refractivity contribution in [2.75, 3.05) is 6.54 Å². The third-order valence-electron chi connectivity index (χ3n) is 2.53. The Kier molecular flexibility index (Phi) is 5.86. The Hall–Kier alpha value is -1.52. The van der Waals surface area contributed by atoms with Crippen LogP contribution in [0.15, 0.2) is 36.7 Å². The van der Waals surface area contributed by atoms with E-state index in [2.05, 4.69) is 11.2 Å². The molecule has 0 aliphatic rings. The van der Waals surface area contributed by atoms with Crippen LogP contribution >= 0.6 is 12.4 Å². The summed E-state index contributed by atoms with van der Waals surface area (Å²) in [4.78, 5) is 0. The molecule has 2 N–H and O–H groups in total. The van der Waals surface area contributed by atoms with Gasteiger partial charge in [-0.25, -0.2) is 0 Å². The van der Waals surface area contributed by atoms with Crippen LogP contribution in [0.2, 0.25) is 0 Å². The van der Waals surface area contributed by atoms with E-state index in [1.165, 1.54) is 0 Å². The molecule has 0 atom stereocenters. The van der Waals surface area contributed by atoms with E-state index in [9.17, 15) is 0 Å². The first kappa shape index (κ1) is 15.5. The number of rotatable bonds is 5. The summed E-state index contributed by atoms with van der Waals surface area (Å²) in [5.41, 5.74) is 7.70. The van der Waals surface area contributed by atoms with E-state index >= 15 is 0 Å². The van der Waals surface area contributed by atoms with E-state index in [4.69, 9.17) is 10.5 Å². The molecule has 2 aromatic rings. The molecule has 104 valence electrons. The van der Waals surface area contributed by atoms with Gasteiger partial charge in [-0.15, -0.1) is 12.4 Å². The van der Waals surface area contributed by atoms with Crippen molar-refractivity contribution in [3.8, 4) is 16.9 Å². The number of hydrogen-bond acceptors (Lipinski definition) is 3. The highest BCUT2D eigenvalue weighted by Crippen LogP contribution is 2.23. The molecular formula is C14H20ClN3O.